The van der Waals surface area contributed by atoms with Crippen molar-refractivity contribution in [3.8, 4) is 16.9 Å². The van der Waals surface area contributed by atoms with Crippen LogP contribution in [0.15, 0.2) is 36.4 Å². The van der Waals surface area contributed by atoms with Crippen molar-refractivity contribution in [2.24, 2.45) is 0 Å². The van der Waals surface area contributed by atoms with Crippen molar-refractivity contribution < 1.29 is 9.53 Å². The van der Waals surface area contributed by atoms with Gasteiger partial charge in [0, 0.05) is 11.1 Å². The fraction of sp³-hybridized carbons (Fsp3) is 0.176. The van der Waals surface area contributed by atoms with Crippen LogP contribution in [0, 0.1) is 6.92 Å². The molecular weight excluding hydrogens is 278 g/mol. The molecule has 0 aliphatic carbocycles. The number of ether oxygens (including phenoxy) is 1. The third kappa shape index (κ3) is 2.02. The number of hydrogen-bond acceptors (Lipinski definition) is 3. The first-order chi connectivity index (χ1) is 10.7. The van der Waals surface area contributed by atoms with Crippen LogP contribution >= 0.6 is 0 Å². The molecular formula is C17H15N3O2. The Morgan fingerprint density at radius 3 is 2.86 bits per heavy atom. The van der Waals surface area contributed by atoms with E-state index in [1.165, 1.54) is 0 Å². The summed E-state index contributed by atoms with van der Waals surface area (Å²) < 4.78 is 5.59. The number of aromatic nitrogens is 2. The Balaban J connectivity index is 1.84. The minimum atomic E-state index is -0.0880. The second kappa shape index (κ2) is 4.87. The first-order valence-corrected chi connectivity index (χ1v) is 7.22. The van der Waals surface area contributed by atoms with E-state index in [9.17, 15) is 4.79 Å². The average Bonchev–Trinajstić information content (AvgIpc) is 2.81. The number of aryl methyl sites for hydroxylation is 1. The summed E-state index contributed by atoms with van der Waals surface area (Å²) in [5, 5.41) is 11.2. The van der Waals surface area contributed by atoms with Crippen LogP contribution in [0.4, 0.5) is 0 Å². The SMILES string of the molecule is Cc1[nH]nc2ccc(-c3ccc4c(c3)C(=O)NCCO4)cc12. The number of carbonyl (C=O) groups excluding carboxylic acids is 1. The molecule has 1 aliphatic rings. The lowest BCUT2D eigenvalue weighted by molar-refractivity contribution is 0.0957. The second-order valence-electron chi connectivity index (χ2n) is 5.40. The molecule has 1 amide bonds. The monoisotopic (exact) mass is 293 g/mol. The number of nitrogens with one attached hydrogen (secondary N) is 2. The maximum atomic E-state index is 12.1. The van der Waals surface area contributed by atoms with E-state index in [1.54, 1.807) is 0 Å². The largest absolute Gasteiger partial charge is 0.491 e. The molecule has 0 saturated carbocycles. The molecule has 1 aromatic heterocycles. The molecule has 2 aromatic carbocycles. The second-order valence-corrected chi connectivity index (χ2v) is 5.40. The fourth-order valence-electron chi connectivity index (χ4n) is 2.75. The highest BCUT2D eigenvalue weighted by Crippen LogP contribution is 2.30. The van der Waals surface area contributed by atoms with Gasteiger partial charge in [-0.1, -0.05) is 12.1 Å². The highest BCUT2D eigenvalue weighted by atomic mass is 16.5. The maximum Gasteiger partial charge on any atom is 0.255 e. The molecule has 0 bridgehead atoms. The van der Waals surface area contributed by atoms with Gasteiger partial charge in [-0.25, -0.2) is 0 Å². The predicted octanol–water partition coefficient (Wildman–Crippen LogP) is 2.66. The van der Waals surface area contributed by atoms with E-state index in [0.717, 1.165) is 27.7 Å². The van der Waals surface area contributed by atoms with Crippen molar-refractivity contribution in [2.45, 2.75) is 6.92 Å². The van der Waals surface area contributed by atoms with E-state index < -0.39 is 0 Å². The Morgan fingerprint density at radius 1 is 1.14 bits per heavy atom. The molecule has 3 aromatic rings. The lowest BCUT2D eigenvalue weighted by Crippen LogP contribution is -2.24. The van der Waals surface area contributed by atoms with Gasteiger partial charge in [-0.15, -0.1) is 0 Å². The van der Waals surface area contributed by atoms with Gasteiger partial charge in [0.25, 0.3) is 5.91 Å². The number of aromatic amines is 1. The third-order valence-electron chi connectivity index (χ3n) is 3.95. The molecule has 2 N–H and O–H groups in total. The molecule has 0 atom stereocenters. The van der Waals surface area contributed by atoms with Crippen LogP contribution in [0.1, 0.15) is 16.1 Å². The van der Waals surface area contributed by atoms with Gasteiger partial charge in [-0.05, 0) is 42.3 Å². The van der Waals surface area contributed by atoms with Crippen LogP contribution in [-0.2, 0) is 0 Å². The summed E-state index contributed by atoms with van der Waals surface area (Å²) in [6.45, 7) is 3.03. The van der Waals surface area contributed by atoms with Gasteiger partial charge >= 0.3 is 0 Å². The van der Waals surface area contributed by atoms with Gasteiger partial charge < -0.3 is 10.1 Å². The van der Waals surface area contributed by atoms with Crippen LogP contribution in [0.25, 0.3) is 22.0 Å². The fourth-order valence-corrected chi connectivity index (χ4v) is 2.75. The zero-order valence-electron chi connectivity index (χ0n) is 12.1. The number of hydrogen-bond donors (Lipinski definition) is 2. The van der Waals surface area contributed by atoms with E-state index >= 15 is 0 Å². The minimum absolute atomic E-state index is 0.0880. The first kappa shape index (κ1) is 12.9. The van der Waals surface area contributed by atoms with Crippen LogP contribution < -0.4 is 10.1 Å². The van der Waals surface area contributed by atoms with E-state index in [2.05, 4.69) is 21.6 Å². The molecule has 0 saturated heterocycles. The van der Waals surface area contributed by atoms with Crippen molar-refractivity contribution in [3.63, 3.8) is 0 Å². The van der Waals surface area contributed by atoms with Crippen molar-refractivity contribution in [1.29, 1.82) is 0 Å². The lowest BCUT2D eigenvalue weighted by atomic mass is 10.0. The average molecular weight is 293 g/mol. The highest BCUT2D eigenvalue weighted by molar-refractivity contribution is 5.99. The van der Waals surface area contributed by atoms with Crippen molar-refractivity contribution in [3.05, 3.63) is 47.7 Å². The smallest absolute Gasteiger partial charge is 0.255 e. The van der Waals surface area contributed by atoms with Gasteiger partial charge in [0.1, 0.15) is 12.4 Å². The zero-order chi connectivity index (χ0) is 15.1. The number of benzene rings is 2. The Labute approximate surface area is 127 Å². The quantitative estimate of drug-likeness (QED) is 0.725. The zero-order valence-corrected chi connectivity index (χ0v) is 12.1. The van der Waals surface area contributed by atoms with Crippen LogP contribution in [0.3, 0.4) is 0 Å². The number of amides is 1. The molecule has 5 nitrogen and oxygen atoms in total. The summed E-state index contributed by atoms with van der Waals surface area (Å²) in [4.78, 5) is 12.1. The maximum absolute atomic E-state index is 12.1. The summed E-state index contributed by atoms with van der Waals surface area (Å²) in [5.74, 6) is 0.550. The summed E-state index contributed by atoms with van der Waals surface area (Å²) in [6.07, 6.45) is 0. The highest BCUT2D eigenvalue weighted by Gasteiger charge is 2.17. The van der Waals surface area contributed by atoms with Crippen LogP contribution in [0.2, 0.25) is 0 Å². The van der Waals surface area contributed by atoms with Crippen molar-refractivity contribution in [2.75, 3.05) is 13.2 Å². The summed E-state index contributed by atoms with van der Waals surface area (Å²) in [6, 6.07) is 11.8. The third-order valence-corrected chi connectivity index (χ3v) is 3.95. The number of rotatable bonds is 1. The number of carbonyl (C=O) groups is 1. The van der Waals surface area contributed by atoms with Gasteiger partial charge in [-0.3, -0.25) is 9.89 Å². The van der Waals surface area contributed by atoms with Gasteiger partial charge in [-0.2, -0.15) is 5.10 Å². The lowest BCUT2D eigenvalue weighted by Gasteiger charge is -2.08. The Kier molecular flexibility index (Phi) is 2.85. The topological polar surface area (TPSA) is 67.0 Å². The van der Waals surface area contributed by atoms with Crippen LogP contribution in [-0.4, -0.2) is 29.3 Å². The standard InChI is InChI=1S/C17H15N3O2/c1-10-13-8-11(2-4-15(13)20-19-10)12-3-5-16-14(9-12)17(21)18-6-7-22-16/h2-5,8-9H,6-7H2,1H3,(H,18,21)(H,19,20). The molecule has 0 fully saturated rings. The number of fused-ring (bicyclic) bond motifs is 2. The normalized spacial score (nSPS) is 14.1. The first-order valence-electron chi connectivity index (χ1n) is 7.22. The number of nitrogens with zero attached hydrogens (tertiary/aromatic N) is 1. The molecule has 0 radical (unpaired) electrons. The van der Waals surface area contributed by atoms with Crippen molar-refractivity contribution in [1.82, 2.24) is 15.5 Å². The van der Waals surface area contributed by atoms with E-state index in [-0.39, 0.29) is 5.91 Å². The van der Waals surface area contributed by atoms with Crippen LogP contribution in [0.5, 0.6) is 5.75 Å². The Hall–Kier alpha value is -2.82. The summed E-state index contributed by atoms with van der Waals surface area (Å²) in [5.41, 5.74) is 4.60. The van der Waals surface area contributed by atoms with E-state index in [0.29, 0.717) is 24.5 Å². The molecule has 5 heteroatoms. The summed E-state index contributed by atoms with van der Waals surface area (Å²) in [7, 11) is 0. The van der Waals surface area contributed by atoms with Gasteiger partial charge in [0.2, 0.25) is 0 Å². The minimum Gasteiger partial charge on any atom is -0.491 e. The molecule has 1 aliphatic heterocycles. The predicted molar refractivity (Wildman–Crippen MR) is 84.1 cm³/mol. The summed E-state index contributed by atoms with van der Waals surface area (Å²) >= 11 is 0. The van der Waals surface area contributed by atoms with Crippen molar-refractivity contribution >= 4 is 16.8 Å². The Bertz CT molecular complexity index is 883. The molecule has 110 valence electrons. The molecule has 22 heavy (non-hydrogen) atoms. The van der Waals surface area contributed by atoms with E-state index in [1.807, 2.05) is 37.3 Å². The molecule has 0 spiro atoms. The van der Waals surface area contributed by atoms with E-state index in [4.69, 9.17) is 4.74 Å². The van der Waals surface area contributed by atoms with Gasteiger partial charge in [0.15, 0.2) is 0 Å². The molecule has 2 heterocycles. The number of H-pyrrole nitrogens is 1. The molecule has 0 unspecified atom stereocenters. The van der Waals surface area contributed by atoms with Gasteiger partial charge in [0.05, 0.1) is 17.6 Å². The molecule has 4 rings (SSSR count). The Morgan fingerprint density at radius 2 is 1.95 bits per heavy atom.